The summed E-state index contributed by atoms with van der Waals surface area (Å²) < 4.78 is 6.08. The van der Waals surface area contributed by atoms with Crippen molar-refractivity contribution in [2.45, 2.75) is 26.4 Å². The predicted octanol–water partition coefficient (Wildman–Crippen LogP) is 6.92. The third kappa shape index (κ3) is 5.64. The molecule has 0 radical (unpaired) electrons. The molecule has 0 aliphatic heterocycles. The number of aryl methyl sites for hydroxylation is 1. The van der Waals surface area contributed by atoms with Crippen molar-refractivity contribution < 1.29 is 4.74 Å². The summed E-state index contributed by atoms with van der Waals surface area (Å²) in [5, 5.41) is 3.89. The molecule has 38 heavy (non-hydrogen) atoms. The van der Waals surface area contributed by atoms with E-state index in [0.717, 1.165) is 22.8 Å². The highest BCUT2D eigenvalue weighted by Crippen LogP contribution is 2.43. The Bertz CT molecular complexity index is 1420. The Kier molecular flexibility index (Phi) is 8.16. The molecular formula is C34H33N2OP. The van der Waals surface area contributed by atoms with Crippen LogP contribution in [-0.2, 0) is 6.54 Å². The molecule has 5 aromatic rings. The number of nitrogens with zero attached hydrogens (tertiary/aromatic N) is 2. The number of hydrogen-bond donors (Lipinski definition) is 0. The Balaban J connectivity index is 1.74. The van der Waals surface area contributed by atoms with E-state index in [1.54, 1.807) is 7.11 Å². The van der Waals surface area contributed by atoms with Crippen molar-refractivity contribution in [3.8, 4) is 5.75 Å². The first-order valence-corrected chi connectivity index (χ1v) is 14.3. The molecule has 3 nitrogen and oxygen atoms in total. The van der Waals surface area contributed by atoms with Gasteiger partial charge in [-0.2, -0.15) is 0 Å². The Morgan fingerprint density at radius 2 is 1.29 bits per heavy atom. The zero-order valence-corrected chi connectivity index (χ0v) is 23.1. The van der Waals surface area contributed by atoms with Crippen LogP contribution >= 0.6 is 7.92 Å². The number of methoxy groups -OCH3 is 1. The van der Waals surface area contributed by atoms with E-state index in [-0.39, 0.29) is 6.04 Å². The molecule has 4 aromatic carbocycles. The summed E-state index contributed by atoms with van der Waals surface area (Å²) in [4.78, 5) is 7.35. The molecule has 190 valence electrons. The van der Waals surface area contributed by atoms with E-state index in [9.17, 15) is 0 Å². The first-order chi connectivity index (χ1) is 18.7. The lowest BCUT2D eigenvalue weighted by atomic mass is 10.1. The van der Waals surface area contributed by atoms with Crippen molar-refractivity contribution in [2.24, 2.45) is 0 Å². The molecule has 0 spiro atoms. The Morgan fingerprint density at radius 3 is 1.87 bits per heavy atom. The number of pyridine rings is 1. The zero-order chi connectivity index (χ0) is 26.3. The molecule has 5 rings (SSSR count). The van der Waals surface area contributed by atoms with Gasteiger partial charge in [-0.3, -0.25) is 4.98 Å². The van der Waals surface area contributed by atoms with Crippen molar-refractivity contribution in [1.29, 1.82) is 0 Å². The quantitative estimate of drug-likeness (QED) is 0.199. The van der Waals surface area contributed by atoms with Crippen molar-refractivity contribution in [1.82, 2.24) is 4.98 Å². The minimum absolute atomic E-state index is 0.0944. The fourth-order valence-electron chi connectivity index (χ4n) is 4.91. The summed E-state index contributed by atoms with van der Waals surface area (Å²) >= 11 is 0. The van der Waals surface area contributed by atoms with Crippen LogP contribution in [0.2, 0.25) is 0 Å². The van der Waals surface area contributed by atoms with E-state index < -0.39 is 7.92 Å². The van der Waals surface area contributed by atoms with Crippen LogP contribution in [0, 0.1) is 6.92 Å². The first-order valence-electron chi connectivity index (χ1n) is 13.0. The standard InChI is InChI=1S/C34H33N2OP/c1-26-15-13-18-29(35-26)25-36(27(2)28-16-7-4-8-17-28)34-32(37-3)23-14-24-33(34)38(30-19-9-5-10-20-30)31-21-11-6-12-22-31/h4-24,27H,25H2,1-3H3/t27-/m0/s1. The third-order valence-electron chi connectivity index (χ3n) is 6.78. The number of anilines is 1. The highest BCUT2D eigenvalue weighted by Gasteiger charge is 2.28. The molecule has 0 fully saturated rings. The van der Waals surface area contributed by atoms with Gasteiger partial charge < -0.3 is 9.64 Å². The number of hydrogen-bond acceptors (Lipinski definition) is 3. The summed E-state index contributed by atoms with van der Waals surface area (Å²) in [5.41, 5.74) is 4.42. The van der Waals surface area contributed by atoms with Gasteiger partial charge in [0.1, 0.15) is 5.75 Å². The average molecular weight is 517 g/mol. The van der Waals surface area contributed by atoms with E-state index in [2.05, 4.69) is 133 Å². The monoisotopic (exact) mass is 516 g/mol. The van der Waals surface area contributed by atoms with Gasteiger partial charge >= 0.3 is 0 Å². The molecular weight excluding hydrogens is 483 g/mol. The van der Waals surface area contributed by atoms with Crippen molar-refractivity contribution >= 4 is 29.5 Å². The first kappa shape index (κ1) is 25.7. The molecule has 1 heterocycles. The van der Waals surface area contributed by atoms with E-state index in [4.69, 9.17) is 9.72 Å². The average Bonchev–Trinajstić information content (AvgIpc) is 2.97. The van der Waals surface area contributed by atoms with Gasteiger partial charge in [0.05, 0.1) is 31.1 Å². The third-order valence-corrected chi connectivity index (χ3v) is 9.25. The second-order valence-corrected chi connectivity index (χ2v) is 11.5. The van der Waals surface area contributed by atoms with Gasteiger partial charge in [-0.05, 0) is 56.1 Å². The number of para-hydroxylation sites is 1. The summed E-state index contributed by atoms with van der Waals surface area (Å²) in [7, 11) is 0.932. The summed E-state index contributed by atoms with van der Waals surface area (Å²) in [6.45, 7) is 4.99. The van der Waals surface area contributed by atoms with Gasteiger partial charge in [0.2, 0.25) is 0 Å². The minimum Gasteiger partial charge on any atom is -0.495 e. The molecule has 0 N–H and O–H groups in total. The van der Waals surface area contributed by atoms with Crippen LogP contribution < -0.4 is 25.6 Å². The van der Waals surface area contributed by atoms with Gasteiger partial charge in [0.25, 0.3) is 0 Å². The molecule has 1 atom stereocenters. The molecule has 0 saturated carbocycles. The molecule has 0 amide bonds. The van der Waals surface area contributed by atoms with Crippen molar-refractivity contribution in [3.63, 3.8) is 0 Å². The number of rotatable bonds is 9. The van der Waals surface area contributed by atoms with Crippen LogP contribution in [-0.4, -0.2) is 12.1 Å². The van der Waals surface area contributed by atoms with Gasteiger partial charge in [-0.25, -0.2) is 0 Å². The smallest absolute Gasteiger partial charge is 0.142 e. The normalized spacial score (nSPS) is 11.8. The fraction of sp³-hybridized carbons (Fsp3) is 0.147. The number of benzene rings is 4. The number of ether oxygens (including phenoxy) is 1. The summed E-state index contributed by atoms with van der Waals surface area (Å²) in [6.07, 6.45) is 0. The fourth-order valence-corrected chi connectivity index (χ4v) is 7.39. The molecule has 0 aliphatic rings. The SMILES string of the molecule is COc1cccc(P(c2ccccc2)c2ccccc2)c1N(Cc1cccc(C)n1)[C@@H](C)c1ccccc1. The van der Waals surface area contributed by atoms with Crippen LogP contribution in [0.15, 0.2) is 127 Å². The Labute approximate surface area is 227 Å². The molecule has 1 aromatic heterocycles. The van der Waals surface area contributed by atoms with Crippen LogP contribution in [0.5, 0.6) is 5.75 Å². The minimum atomic E-state index is -0.838. The molecule has 0 aliphatic carbocycles. The molecule has 0 saturated heterocycles. The van der Waals surface area contributed by atoms with Gasteiger partial charge in [-0.15, -0.1) is 0 Å². The second kappa shape index (κ2) is 12.1. The summed E-state index contributed by atoms with van der Waals surface area (Å²) in [6, 6.07) is 45.2. The van der Waals surface area contributed by atoms with E-state index >= 15 is 0 Å². The van der Waals surface area contributed by atoms with Crippen LogP contribution in [0.4, 0.5) is 5.69 Å². The lowest BCUT2D eigenvalue weighted by molar-refractivity contribution is 0.413. The van der Waals surface area contributed by atoms with Crippen LogP contribution in [0.3, 0.4) is 0 Å². The maximum atomic E-state index is 6.08. The lowest BCUT2D eigenvalue weighted by Crippen LogP contribution is -2.33. The maximum Gasteiger partial charge on any atom is 0.142 e. The van der Waals surface area contributed by atoms with E-state index in [0.29, 0.717) is 6.54 Å². The molecule has 0 unspecified atom stereocenters. The summed E-state index contributed by atoms with van der Waals surface area (Å²) in [5.74, 6) is 0.872. The molecule has 4 heteroatoms. The van der Waals surface area contributed by atoms with Gasteiger partial charge in [0.15, 0.2) is 0 Å². The maximum absolute atomic E-state index is 6.08. The Hall–Kier alpha value is -3.94. The van der Waals surface area contributed by atoms with E-state index in [1.807, 2.05) is 13.0 Å². The van der Waals surface area contributed by atoms with E-state index in [1.165, 1.54) is 21.5 Å². The number of aromatic nitrogens is 1. The van der Waals surface area contributed by atoms with Gasteiger partial charge in [-0.1, -0.05) is 109 Å². The molecule has 0 bridgehead atoms. The highest BCUT2D eigenvalue weighted by atomic mass is 31.1. The van der Waals surface area contributed by atoms with Crippen molar-refractivity contribution in [3.05, 3.63) is 144 Å². The highest BCUT2D eigenvalue weighted by molar-refractivity contribution is 7.80. The topological polar surface area (TPSA) is 25.4 Å². The zero-order valence-electron chi connectivity index (χ0n) is 22.2. The van der Waals surface area contributed by atoms with Gasteiger partial charge in [0, 0.05) is 11.0 Å². The second-order valence-electron chi connectivity index (χ2n) is 9.32. The lowest BCUT2D eigenvalue weighted by Gasteiger charge is -2.36. The largest absolute Gasteiger partial charge is 0.495 e. The van der Waals surface area contributed by atoms with Crippen LogP contribution in [0.1, 0.15) is 29.9 Å². The van der Waals surface area contributed by atoms with Crippen molar-refractivity contribution in [2.75, 3.05) is 12.0 Å². The van der Waals surface area contributed by atoms with Crippen LogP contribution in [0.25, 0.3) is 0 Å². The predicted molar refractivity (Wildman–Crippen MR) is 162 cm³/mol. The Morgan fingerprint density at radius 1 is 0.711 bits per heavy atom.